The van der Waals surface area contributed by atoms with Gasteiger partial charge in [-0.05, 0) is 63.2 Å². The lowest BCUT2D eigenvalue weighted by molar-refractivity contribution is 0.299. The van der Waals surface area contributed by atoms with Gasteiger partial charge in [0, 0.05) is 9.75 Å². The zero-order valence-electron chi connectivity index (χ0n) is 11.2. The van der Waals surface area contributed by atoms with E-state index in [2.05, 4.69) is 31.3 Å². The summed E-state index contributed by atoms with van der Waals surface area (Å²) in [5, 5.41) is 3.62. The predicted octanol–water partition coefficient (Wildman–Crippen LogP) is 4.33. The summed E-state index contributed by atoms with van der Waals surface area (Å²) in [5.74, 6) is 1.69. The Balaban J connectivity index is 1.96. The Morgan fingerprint density at radius 2 is 2.12 bits per heavy atom. The minimum absolute atomic E-state index is 0.826. The van der Waals surface area contributed by atoms with Crippen molar-refractivity contribution in [2.24, 2.45) is 5.92 Å². The van der Waals surface area contributed by atoms with Crippen LogP contribution in [0.4, 0.5) is 0 Å². The molecule has 2 unspecified atom stereocenters. The van der Waals surface area contributed by atoms with Crippen LogP contribution in [0.15, 0.2) is 12.1 Å². The molecule has 1 N–H and O–H groups in total. The molecule has 2 heteroatoms. The highest BCUT2D eigenvalue weighted by atomic mass is 32.1. The van der Waals surface area contributed by atoms with Gasteiger partial charge in [0.1, 0.15) is 0 Å². The minimum atomic E-state index is 0.826. The first-order valence-electron chi connectivity index (χ1n) is 7.08. The molecule has 1 fully saturated rings. The van der Waals surface area contributed by atoms with Crippen molar-refractivity contribution in [2.75, 3.05) is 13.1 Å². The van der Waals surface area contributed by atoms with Gasteiger partial charge >= 0.3 is 0 Å². The molecule has 2 atom stereocenters. The zero-order chi connectivity index (χ0) is 12.1. The molecule has 1 aromatic rings. The first-order chi connectivity index (χ1) is 8.31. The van der Waals surface area contributed by atoms with Crippen molar-refractivity contribution in [3.8, 4) is 0 Å². The van der Waals surface area contributed by atoms with Gasteiger partial charge < -0.3 is 5.32 Å². The second kappa shape index (κ2) is 6.55. The fourth-order valence-electron chi connectivity index (χ4n) is 2.94. The molecule has 0 aromatic carbocycles. The van der Waals surface area contributed by atoms with Gasteiger partial charge in [-0.2, -0.15) is 0 Å². The van der Waals surface area contributed by atoms with Crippen LogP contribution in [0.2, 0.25) is 0 Å². The quantitative estimate of drug-likeness (QED) is 0.768. The van der Waals surface area contributed by atoms with Gasteiger partial charge in [-0.1, -0.05) is 19.8 Å². The Hall–Kier alpha value is -0.340. The molecule has 1 aliphatic rings. The van der Waals surface area contributed by atoms with Gasteiger partial charge in [-0.3, -0.25) is 0 Å². The van der Waals surface area contributed by atoms with Crippen LogP contribution in [0.1, 0.15) is 54.7 Å². The molecule has 1 saturated carbocycles. The third-order valence-corrected chi connectivity index (χ3v) is 5.00. The summed E-state index contributed by atoms with van der Waals surface area (Å²) in [6.45, 7) is 6.86. The molecular formula is C15H25NS. The largest absolute Gasteiger partial charge is 0.316 e. The van der Waals surface area contributed by atoms with E-state index in [9.17, 15) is 0 Å². The molecule has 0 amide bonds. The number of thiophene rings is 1. The van der Waals surface area contributed by atoms with Crippen LogP contribution in [-0.4, -0.2) is 13.1 Å². The van der Waals surface area contributed by atoms with Crippen LogP contribution >= 0.6 is 11.3 Å². The normalized spacial score (nSPS) is 25.1. The molecule has 0 spiro atoms. The van der Waals surface area contributed by atoms with Crippen LogP contribution < -0.4 is 5.32 Å². The lowest BCUT2D eigenvalue weighted by atomic mass is 9.78. The molecule has 0 aliphatic heterocycles. The van der Waals surface area contributed by atoms with Crippen LogP contribution in [0.25, 0.3) is 0 Å². The second-order valence-corrected chi connectivity index (χ2v) is 6.62. The van der Waals surface area contributed by atoms with Crippen LogP contribution in [0.3, 0.4) is 0 Å². The third kappa shape index (κ3) is 3.56. The van der Waals surface area contributed by atoms with E-state index < -0.39 is 0 Å². The van der Waals surface area contributed by atoms with E-state index >= 15 is 0 Å². The summed E-state index contributed by atoms with van der Waals surface area (Å²) in [5.41, 5.74) is 0. The van der Waals surface area contributed by atoms with E-state index in [-0.39, 0.29) is 0 Å². The topological polar surface area (TPSA) is 12.0 Å². The highest BCUT2D eigenvalue weighted by Gasteiger charge is 2.26. The van der Waals surface area contributed by atoms with Crippen molar-refractivity contribution in [3.63, 3.8) is 0 Å². The first-order valence-corrected chi connectivity index (χ1v) is 7.90. The lowest BCUT2D eigenvalue weighted by Gasteiger charge is -2.31. The molecule has 1 aromatic heterocycles. The Bertz CT molecular complexity index is 331. The maximum atomic E-state index is 3.62. The van der Waals surface area contributed by atoms with Crippen molar-refractivity contribution in [2.45, 2.75) is 51.9 Å². The minimum Gasteiger partial charge on any atom is -0.316 e. The molecule has 1 nitrogen and oxygen atoms in total. The Kier molecular flexibility index (Phi) is 5.05. The van der Waals surface area contributed by atoms with Gasteiger partial charge in [0.25, 0.3) is 0 Å². The Morgan fingerprint density at radius 3 is 2.82 bits per heavy atom. The van der Waals surface area contributed by atoms with E-state index in [4.69, 9.17) is 0 Å². The molecular weight excluding hydrogens is 226 g/mol. The van der Waals surface area contributed by atoms with Gasteiger partial charge in [0.05, 0.1) is 0 Å². The van der Waals surface area contributed by atoms with Crippen molar-refractivity contribution in [3.05, 3.63) is 21.9 Å². The van der Waals surface area contributed by atoms with Crippen molar-refractivity contribution in [1.29, 1.82) is 0 Å². The maximum absolute atomic E-state index is 3.62. The van der Waals surface area contributed by atoms with E-state index in [1.807, 2.05) is 11.3 Å². The Morgan fingerprint density at radius 1 is 1.29 bits per heavy atom. The fraction of sp³-hybridized carbons (Fsp3) is 0.733. The third-order valence-electron chi connectivity index (χ3n) is 3.87. The molecule has 0 saturated heterocycles. The fourth-order valence-corrected chi connectivity index (χ4v) is 4.05. The highest BCUT2D eigenvalue weighted by Crippen LogP contribution is 2.40. The highest BCUT2D eigenvalue weighted by molar-refractivity contribution is 7.12. The summed E-state index contributed by atoms with van der Waals surface area (Å²) < 4.78 is 0. The average Bonchev–Trinajstić information content (AvgIpc) is 2.77. The number of hydrogen-bond donors (Lipinski definition) is 1. The Labute approximate surface area is 110 Å². The van der Waals surface area contributed by atoms with Crippen molar-refractivity contribution in [1.82, 2.24) is 5.32 Å². The molecule has 2 rings (SSSR count). The number of hydrogen-bond acceptors (Lipinski definition) is 2. The zero-order valence-corrected chi connectivity index (χ0v) is 12.0. The monoisotopic (exact) mass is 251 g/mol. The summed E-state index contributed by atoms with van der Waals surface area (Å²) in [6, 6.07) is 4.65. The van der Waals surface area contributed by atoms with Gasteiger partial charge in [0.2, 0.25) is 0 Å². The molecule has 0 radical (unpaired) electrons. The second-order valence-electron chi connectivity index (χ2n) is 5.30. The maximum Gasteiger partial charge on any atom is 0.00822 e. The standard InChI is InChI=1S/C15H25NS/c1-3-10-16-11-13-6-4-5-7-14(13)15-9-8-12(2)17-15/h8-9,13-14,16H,3-7,10-11H2,1-2H3. The summed E-state index contributed by atoms with van der Waals surface area (Å²) in [6.07, 6.45) is 6.91. The molecule has 17 heavy (non-hydrogen) atoms. The van der Waals surface area contributed by atoms with Crippen LogP contribution in [0.5, 0.6) is 0 Å². The molecule has 96 valence electrons. The van der Waals surface area contributed by atoms with Gasteiger partial charge in [-0.25, -0.2) is 0 Å². The van der Waals surface area contributed by atoms with Gasteiger partial charge in [-0.15, -0.1) is 11.3 Å². The predicted molar refractivity (Wildman–Crippen MR) is 76.9 cm³/mol. The average molecular weight is 251 g/mol. The van der Waals surface area contributed by atoms with E-state index in [0.29, 0.717) is 0 Å². The van der Waals surface area contributed by atoms with E-state index in [0.717, 1.165) is 11.8 Å². The van der Waals surface area contributed by atoms with E-state index in [1.165, 1.54) is 50.1 Å². The molecule has 1 heterocycles. The molecule has 0 bridgehead atoms. The van der Waals surface area contributed by atoms with Crippen molar-refractivity contribution >= 4 is 11.3 Å². The SMILES string of the molecule is CCCNCC1CCCCC1c1ccc(C)s1. The lowest BCUT2D eigenvalue weighted by Crippen LogP contribution is -2.29. The van der Waals surface area contributed by atoms with Crippen LogP contribution in [-0.2, 0) is 0 Å². The van der Waals surface area contributed by atoms with E-state index in [1.54, 1.807) is 4.88 Å². The van der Waals surface area contributed by atoms with Crippen LogP contribution in [0, 0.1) is 12.8 Å². The smallest absolute Gasteiger partial charge is 0.00822 e. The number of rotatable bonds is 5. The van der Waals surface area contributed by atoms with Gasteiger partial charge in [0.15, 0.2) is 0 Å². The summed E-state index contributed by atoms with van der Waals surface area (Å²) >= 11 is 2.01. The molecule has 1 aliphatic carbocycles. The summed E-state index contributed by atoms with van der Waals surface area (Å²) in [4.78, 5) is 3.09. The number of nitrogens with one attached hydrogen (secondary N) is 1. The number of aryl methyl sites for hydroxylation is 1. The first kappa shape index (κ1) is 13.1. The van der Waals surface area contributed by atoms with Crippen molar-refractivity contribution < 1.29 is 0 Å². The summed E-state index contributed by atoms with van der Waals surface area (Å²) in [7, 11) is 0.